The minimum atomic E-state index is -0.00443. The molecule has 0 saturated carbocycles. The summed E-state index contributed by atoms with van der Waals surface area (Å²) < 4.78 is 0. The SMILES string of the molecule is CCC(N)C(c1ccccn1)N(CC)CC(C)C#N. The fraction of sp³-hybridized carbons (Fsp3) is 0.600. The van der Waals surface area contributed by atoms with Crippen LogP contribution in [0.15, 0.2) is 24.4 Å². The highest BCUT2D eigenvalue weighted by molar-refractivity contribution is 5.11. The second-order valence-electron chi connectivity index (χ2n) is 4.89. The van der Waals surface area contributed by atoms with Crippen LogP contribution < -0.4 is 5.73 Å². The quantitative estimate of drug-likeness (QED) is 0.817. The van der Waals surface area contributed by atoms with E-state index in [-0.39, 0.29) is 18.0 Å². The van der Waals surface area contributed by atoms with E-state index in [1.807, 2.05) is 25.1 Å². The molecule has 3 atom stereocenters. The normalized spacial score (nSPS) is 15.8. The average Bonchev–Trinajstić information content (AvgIpc) is 2.46. The first-order valence-corrected chi connectivity index (χ1v) is 6.94. The summed E-state index contributed by atoms with van der Waals surface area (Å²) in [5.41, 5.74) is 7.27. The van der Waals surface area contributed by atoms with Gasteiger partial charge in [0.2, 0.25) is 0 Å². The third-order valence-electron chi connectivity index (χ3n) is 3.40. The van der Waals surface area contributed by atoms with Crippen molar-refractivity contribution >= 4 is 0 Å². The second-order valence-corrected chi connectivity index (χ2v) is 4.89. The molecule has 0 aliphatic rings. The molecule has 1 aromatic heterocycles. The summed E-state index contributed by atoms with van der Waals surface area (Å²) in [5.74, 6) is -0.00443. The highest BCUT2D eigenvalue weighted by Crippen LogP contribution is 2.24. The lowest BCUT2D eigenvalue weighted by Gasteiger charge is -2.34. The van der Waals surface area contributed by atoms with Crippen molar-refractivity contribution in [1.82, 2.24) is 9.88 Å². The highest BCUT2D eigenvalue weighted by atomic mass is 15.2. The number of rotatable bonds is 7. The standard InChI is InChI=1S/C15H24N4/c1-4-13(17)15(14-8-6-7-9-18-14)19(5-2)11-12(3)10-16/h6-9,12-13,15H,4-5,11,17H2,1-3H3. The van der Waals surface area contributed by atoms with Crippen molar-refractivity contribution < 1.29 is 0 Å². The summed E-state index contributed by atoms with van der Waals surface area (Å²) in [4.78, 5) is 6.70. The minimum Gasteiger partial charge on any atom is -0.326 e. The van der Waals surface area contributed by atoms with Gasteiger partial charge in [-0.25, -0.2) is 0 Å². The Hall–Kier alpha value is -1.44. The molecule has 1 aromatic rings. The Kier molecular flexibility index (Phi) is 6.48. The molecule has 3 unspecified atom stereocenters. The number of hydrogen-bond donors (Lipinski definition) is 1. The van der Waals surface area contributed by atoms with E-state index in [9.17, 15) is 0 Å². The van der Waals surface area contributed by atoms with Crippen LogP contribution in [0.4, 0.5) is 0 Å². The van der Waals surface area contributed by atoms with Gasteiger partial charge in [0.05, 0.1) is 23.7 Å². The predicted molar refractivity (Wildman–Crippen MR) is 77.3 cm³/mol. The third-order valence-corrected chi connectivity index (χ3v) is 3.40. The van der Waals surface area contributed by atoms with Gasteiger partial charge >= 0.3 is 0 Å². The lowest BCUT2D eigenvalue weighted by Crippen LogP contribution is -2.43. The van der Waals surface area contributed by atoms with Gasteiger partial charge in [0.15, 0.2) is 0 Å². The summed E-state index contributed by atoms with van der Waals surface area (Å²) in [6.07, 6.45) is 2.69. The molecule has 0 aromatic carbocycles. The maximum atomic E-state index is 9.00. The van der Waals surface area contributed by atoms with Gasteiger partial charge < -0.3 is 5.73 Å². The van der Waals surface area contributed by atoms with Gasteiger partial charge in [-0.1, -0.05) is 19.9 Å². The maximum Gasteiger partial charge on any atom is 0.0673 e. The number of nitrogens with two attached hydrogens (primary N) is 1. The van der Waals surface area contributed by atoms with Gasteiger partial charge in [-0.05, 0) is 32.0 Å². The summed E-state index contributed by atoms with van der Waals surface area (Å²) in [6.45, 7) is 7.71. The Balaban J connectivity index is 2.98. The topological polar surface area (TPSA) is 65.9 Å². The van der Waals surface area contributed by atoms with Crippen LogP contribution in [0.1, 0.15) is 38.9 Å². The van der Waals surface area contributed by atoms with Crippen LogP contribution in [-0.2, 0) is 0 Å². The maximum absolute atomic E-state index is 9.00. The van der Waals surface area contributed by atoms with E-state index in [0.29, 0.717) is 0 Å². The van der Waals surface area contributed by atoms with E-state index < -0.39 is 0 Å². The van der Waals surface area contributed by atoms with Crippen molar-refractivity contribution in [3.05, 3.63) is 30.1 Å². The zero-order valence-electron chi connectivity index (χ0n) is 12.1. The Morgan fingerprint density at radius 2 is 2.16 bits per heavy atom. The first kappa shape index (κ1) is 15.6. The van der Waals surface area contributed by atoms with Crippen molar-refractivity contribution in [3.8, 4) is 6.07 Å². The molecule has 104 valence electrons. The largest absolute Gasteiger partial charge is 0.326 e. The molecule has 19 heavy (non-hydrogen) atoms. The first-order valence-electron chi connectivity index (χ1n) is 6.94. The van der Waals surface area contributed by atoms with Crippen molar-refractivity contribution in [1.29, 1.82) is 5.26 Å². The van der Waals surface area contributed by atoms with Crippen LogP contribution in [-0.4, -0.2) is 29.0 Å². The van der Waals surface area contributed by atoms with Crippen molar-refractivity contribution in [3.63, 3.8) is 0 Å². The molecule has 1 heterocycles. The van der Waals surface area contributed by atoms with Crippen LogP contribution in [0, 0.1) is 17.2 Å². The molecule has 0 aliphatic carbocycles. The third kappa shape index (κ3) is 4.30. The Morgan fingerprint density at radius 3 is 2.63 bits per heavy atom. The number of pyridine rings is 1. The molecule has 4 nitrogen and oxygen atoms in total. The monoisotopic (exact) mass is 260 g/mol. The van der Waals surface area contributed by atoms with Crippen molar-refractivity contribution in [2.45, 2.75) is 39.3 Å². The summed E-state index contributed by atoms with van der Waals surface area (Å²) in [6, 6.07) is 8.30. The van der Waals surface area contributed by atoms with Crippen LogP contribution in [0.2, 0.25) is 0 Å². The van der Waals surface area contributed by atoms with E-state index in [2.05, 4.69) is 29.8 Å². The summed E-state index contributed by atoms with van der Waals surface area (Å²) in [7, 11) is 0. The van der Waals surface area contributed by atoms with Gasteiger partial charge in [-0.15, -0.1) is 0 Å². The summed E-state index contributed by atoms with van der Waals surface area (Å²) >= 11 is 0. The van der Waals surface area contributed by atoms with Crippen LogP contribution >= 0.6 is 0 Å². The molecule has 0 spiro atoms. The van der Waals surface area contributed by atoms with E-state index in [4.69, 9.17) is 11.0 Å². The molecular weight excluding hydrogens is 236 g/mol. The van der Waals surface area contributed by atoms with Crippen LogP contribution in [0.5, 0.6) is 0 Å². The first-order chi connectivity index (χ1) is 9.13. The number of nitrogens with zero attached hydrogens (tertiary/aromatic N) is 3. The predicted octanol–water partition coefficient (Wildman–Crippen LogP) is 2.34. The molecule has 0 saturated heterocycles. The lowest BCUT2D eigenvalue weighted by molar-refractivity contribution is 0.162. The molecule has 0 aliphatic heterocycles. The van der Waals surface area contributed by atoms with Gasteiger partial charge in [-0.3, -0.25) is 9.88 Å². The van der Waals surface area contributed by atoms with Gasteiger partial charge in [-0.2, -0.15) is 5.26 Å². The molecule has 0 radical (unpaired) electrons. The minimum absolute atomic E-state index is 0.00443. The Morgan fingerprint density at radius 1 is 1.42 bits per heavy atom. The number of likely N-dealkylation sites (N-methyl/N-ethyl adjacent to an activating group) is 1. The zero-order chi connectivity index (χ0) is 14.3. The van der Waals surface area contributed by atoms with E-state index in [1.54, 1.807) is 6.20 Å². The van der Waals surface area contributed by atoms with Gasteiger partial charge in [0.1, 0.15) is 0 Å². The molecule has 0 bridgehead atoms. The molecule has 4 heteroatoms. The number of aromatic nitrogens is 1. The molecular formula is C15H24N4. The van der Waals surface area contributed by atoms with Crippen LogP contribution in [0.25, 0.3) is 0 Å². The average molecular weight is 260 g/mol. The fourth-order valence-electron chi connectivity index (χ4n) is 2.28. The van der Waals surface area contributed by atoms with Crippen molar-refractivity contribution in [2.24, 2.45) is 11.7 Å². The van der Waals surface area contributed by atoms with E-state index in [1.165, 1.54) is 0 Å². The smallest absolute Gasteiger partial charge is 0.0673 e. The lowest BCUT2D eigenvalue weighted by atomic mass is 9.99. The summed E-state index contributed by atoms with van der Waals surface area (Å²) in [5, 5.41) is 9.00. The second kappa shape index (κ2) is 7.88. The molecule has 2 N–H and O–H groups in total. The van der Waals surface area contributed by atoms with Gasteiger partial charge in [0, 0.05) is 18.8 Å². The Labute approximate surface area is 116 Å². The van der Waals surface area contributed by atoms with E-state index >= 15 is 0 Å². The Bertz CT molecular complexity index is 398. The van der Waals surface area contributed by atoms with Gasteiger partial charge in [0.25, 0.3) is 0 Å². The number of hydrogen-bond acceptors (Lipinski definition) is 4. The van der Waals surface area contributed by atoms with Crippen molar-refractivity contribution in [2.75, 3.05) is 13.1 Å². The highest BCUT2D eigenvalue weighted by Gasteiger charge is 2.26. The van der Waals surface area contributed by atoms with Crippen LogP contribution in [0.3, 0.4) is 0 Å². The zero-order valence-corrected chi connectivity index (χ0v) is 12.1. The van der Waals surface area contributed by atoms with E-state index in [0.717, 1.165) is 25.2 Å². The molecule has 0 fully saturated rings. The number of nitriles is 1. The fourth-order valence-corrected chi connectivity index (χ4v) is 2.28. The molecule has 0 amide bonds. The molecule has 1 rings (SSSR count).